The molecule has 1 aromatic heterocycles. The molecule has 0 spiro atoms. The van der Waals surface area contributed by atoms with E-state index in [1.807, 2.05) is 0 Å². The Bertz CT molecular complexity index is 1010. The van der Waals surface area contributed by atoms with Gasteiger partial charge in [0.15, 0.2) is 0 Å². The normalized spacial score (nSPS) is 10.8. The zero-order valence-electron chi connectivity index (χ0n) is 15.4. The lowest BCUT2D eigenvalue weighted by Gasteiger charge is -2.08. The topological polar surface area (TPSA) is 60.5 Å². The largest absolute Gasteiger partial charge is 0.489 e. The van der Waals surface area contributed by atoms with Crippen molar-refractivity contribution in [2.75, 3.05) is 20.3 Å². The number of carbonyl (C=O) groups is 1. The highest BCUT2D eigenvalue weighted by molar-refractivity contribution is 7.13. The first kappa shape index (κ1) is 20.8. The highest BCUT2D eigenvalue weighted by Crippen LogP contribution is 2.29. The molecule has 152 valence electrons. The van der Waals surface area contributed by atoms with E-state index in [2.05, 4.69) is 10.3 Å². The molecular formula is C20H17F3N2O3S. The summed E-state index contributed by atoms with van der Waals surface area (Å²) in [6.45, 7) is 0.471. The second kappa shape index (κ2) is 9.53. The number of benzene rings is 2. The maximum atomic E-state index is 14.5. The van der Waals surface area contributed by atoms with E-state index in [0.717, 1.165) is 35.6 Å². The van der Waals surface area contributed by atoms with E-state index in [9.17, 15) is 18.0 Å². The lowest BCUT2D eigenvalue weighted by molar-refractivity contribution is 0.0933. The van der Waals surface area contributed by atoms with Crippen LogP contribution in [0.15, 0.2) is 41.8 Å². The van der Waals surface area contributed by atoms with Crippen molar-refractivity contribution >= 4 is 17.2 Å². The van der Waals surface area contributed by atoms with Crippen LogP contribution < -0.4 is 10.1 Å². The highest BCUT2D eigenvalue weighted by atomic mass is 32.1. The number of aromatic nitrogens is 1. The van der Waals surface area contributed by atoms with Gasteiger partial charge in [-0.2, -0.15) is 0 Å². The average Bonchev–Trinajstić information content (AvgIpc) is 3.19. The number of ether oxygens (including phenoxy) is 2. The zero-order valence-corrected chi connectivity index (χ0v) is 16.2. The Kier molecular flexibility index (Phi) is 6.84. The molecule has 0 bridgehead atoms. The van der Waals surface area contributed by atoms with Gasteiger partial charge < -0.3 is 14.8 Å². The molecule has 1 amide bonds. The van der Waals surface area contributed by atoms with Crippen LogP contribution in [0.3, 0.4) is 0 Å². The predicted molar refractivity (Wildman–Crippen MR) is 102 cm³/mol. The van der Waals surface area contributed by atoms with Crippen LogP contribution in [0, 0.1) is 17.5 Å². The first-order chi connectivity index (χ1) is 14.0. The second-order valence-corrected chi connectivity index (χ2v) is 6.81. The van der Waals surface area contributed by atoms with Crippen LogP contribution >= 0.6 is 11.3 Å². The fourth-order valence-corrected chi connectivity index (χ4v) is 3.26. The summed E-state index contributed by atoms with van der Waals surface area (Å²) in [5.41, 5.74) is 0.413. The van der Waals surface area contributed by atoms with Crippen molar-refractivity contribution in [2.24, 2.45) is 0 Å². The van der Waals surface area contributed by atoms with Crippen molar-refractivity contribution in [3.63, 3.8) is 0 Å². The van der Waals surface area contributed by atoms with Crippen LogP contribution in [0.1, 0.15) is 16.1 Å². The molecule has 3 aromatic rings. The van der Waals surface area contributed by atoms with Crippen molar-refractivity contribution in [3.05, 3.63) is 70.5 Å². The second-order valence-electron chi connectivity index (χ2n) is 5.95. The monoisotopic (exact) mass is 422 g/mol. The summed E-state index contributed by atoms with van der Waals surface area (Å²) in [6.07, 6.45) is 0. The predicted octanol–water partition coefficient (Wildman–Crippen LogP) is 4.18. The standard InChI is InChI=1S/C20H17F3N2O3S/c1-27-7-6-24-19(26)18-11-29-20(25-18)15-4-3-14(9-17(15)23)28-10-12-8-13(21)2-5-16(12)22/h2-5,8-9,11H,6-7,10H2,1H3,(H,24,26). The number of halogens is 3. The number of amides is 1. The summed E-state index contributed by atoms with van der Waals surface area (Å²) in [7, 11) is 1.53. The maximum absolute atomic E-state index is 14.5. The third-order valence-corrected chi connectivity index (χ3v) is 4.78. The van der Waals surface area contributed by atoms with Gasteiger partial charge >= 0.3 is 0 Å². The van der Waals surface area contributed by atoms with Gasteiger partial charge in [-0.25, -0.2) is 18.2 Å². The summed E-state index contributed by atoms with van der Waals surface area (Å²) in [6, 6.07) is 7.12. The van der Waals surface area contributed by atoms with Gasteiger partial charge in [0.1, 0.15) is 40.5 Å². The molecule has 3 rings (SSSR count). The Hall–Kier alpha value is -2.91. The quantitative estimate of drug-likeness (QED) is 0.554. The van der Waals surface area contributed by atoms with Crippen molar-refractivity contribution < 1.29 is 27.4 Å². The molecule has 9 heteroatoms. The molecule has 0 aliphatic heterocycles. The molecule has 1 N–H and O–H groups in total. The van der Waals surface area contributed by atoms with Crippen LogP contribution in [-0.4, -0.2) is 31.2 Å². The average molecular weight is 422 g/mol. The van der Waals surface area contributed by atoms with E-state index in [0.29, 0.717) is 18.2 Å². The Labute approximate surface area is 169 Å². The molecule has 1 heterocycles. The highest BCUT2D eigenvalue weighted by Gasteiger charge is 2.15. The molecule has 0 radical (unpaired) electrons. The van der Waals surface area contributed by atoms with E-state index < -0.39 is 17.5 Å². The summed E-state index contributed by atoms with van der Waals surface area (Å²) in [4.78, 5) is 16.1. The van der Waals surface area contributed by atoms with Crippen LogP contribution in [0.2, 0.25) is 0 Å². The third kappa shape index (κ3) is 5.33. The summed E-state index contributed by atoms with van der Waals surface area (Å²) in [5, 5.41) is 4.51. The number of hydrogen-bond acceptors (Lipinski definition) is 5. The Morgan fingerprint density at radius 3 is 2.72 bits per heavy atom. The molecule has 2 aromatic carbocycles. The van der Waals surface area contributed by atoms with Gasteiger partial charge in [0.05, 0.1) is 6.61 Å². The van der Waals surface area contributed by atoms with Crippen LogP contribution in [0.25, 0.3) is 10.6 Å². The number of methoxy groups -OCH3 is 1. The zero-order chi connectivity index (χ0) is 20.8. The minimum atomic E-state index is -0.609. The van der Waals surface area contributed by atoms with Gasteiger partial charge in [0.2, 0.25) is 0 Å². The fraction of sp³-hybridized carbons (Fsp3) is 0.200. The lowest BCUT2D eigenvalue weighted by Crippen LogP contribution is -2.27. The number of thiazole rings is 1. The van der Waals surface area contributed by atoms with Gasteiger partial charge in [0, 0.05) is 36.2 Å². The smallest absolute Gasteiger partial charge is 0.270 e. The van der Waals surface area contributed by atoms with Gasteiger partial charge in [-0.3, -0.25) is 4.79 Å². The number of rotatable bonds is 8. The van der Waals surface area contributed by atoms with E-state index in [4.69, 9.17) is 9.47 Å². The van der Waals surface area contributed by atoms with Crippen LogP contribution in [0.4, 0.5) is 13.2 Å². The van der Waals surface area contributed by atoms with Crippen molar-refractivity contribution in [1.82, 2.24) is 10.3 Å². The summed E-state index contributed by atoms with van der Waals surface area (Å²) >= 11 is 1.13. The third-order valence-electron chi connectivity index (χ3n) is 3.90. The Morgan fingerprint density at radius 2 is 1.97 bits per heavy atom. The molecule has 0 aliphatic rings. The molecule has 0 aliphatic carbocycles. The van der Waals surface area contributed by atoms with Gasteiger partial charge in [0.25, 0.3) is 5.91 Å². The van der Waals surface area contributed by atoms with E-state index in [1.165, 1.54) is 24.6 Å². The van der Waals surface area contributed by atoms with Crippen LogP contribution in [0.5, 0.6) is 5.75 Å². The van der Waals surface area contributed by atoms with E-state index in [1.54, 1.807) is 0 Å². The Balaban J connectivity index is 1.68. The number of hydrogen-bond donors (Lipinski definition) is 1. The van der Waals surface area contributed by atoms with E-state index in [-0.39, 0.29) is 35.1 Å². The minimum Gasteiger partial charge on any atom is -0.489 e. The molecule has 5 nitrogen and oxygen atoms in total. The molecule has 0 atom stereocenters. The maximum Gasteiger partial charge on any atom is 0.270 e. The molecular weight excluding hydrogens is 405 g/mol. The van der Waals surface area contributed by atoms with Gasteiger partial charge in [-0.15, -0.1) is 11.3 Å². The summed E-state index contributed by atoms with van der Waals surface area (Å²) in [5.74, 6) is -2.02. The summed E-state index contributed by atoms with van der Waals surface area (Å²) < 4.78 is 51.6. The minimum absolute atomic E-state index is 0.0264. The molecule has 29 heavy (non-hydrogen) atoms. The first-order valence-corrected chi connectivity index (χ1v) is 9.45. The fourth-order valence-electron chi connectivity index (χ4n) is 2.43. The van der Waals surface area contributed by atoms with Crippen molar-refractivity contribution in [2.45, 2.75) is 6.61 Å². The molecule has 0 saturated carbocycles. The SMILES string of the molecule is COCCNC(=O)c1csc(-c2ccc(OCc3cc(F)ccc3F)cc2F)n1. The van der Waals surface area contributed by atoms with Crippen molar-refractivity contribution in [3.8, 4) is 16.3 Å². The van der Waals surface area contributed by atoms with Crippen molar-refractivity contribution in [1.29, 1.82) is 0 Å². The van der Waals surface area contributed by atoms with E-state index >= 15 is 0 Å². The number of nitrogens with zero attached hydrogens (tertiary/aromatic N) is 1. The lowest BCUT2D eigenvalue weighted by atomic mass is 10.2. The number of nitrogens with one attached hydrogen (secondary N) is 1. The van der Waals surface area contributed by atoms with Gasteiger partial charge in [-0.05, 0) is 30.3 Å². The molecule has 0 fully saturated rings. The number of carbonyl (C=O) groups excluding carboxylic acids is 1. The first-order valence-electron chi connectivity index (χ1n) is 8.57. The Morgan fingerprint density at radius 1 is 1.14 bits per heavy atom. The van der Waals surface area contributed by atoms with Crippen LogP contribution in [-0.2, 0) is 11.3 Å². The molecule has 0 unspecified atom stereocenters. The van der Waals surface area contributed by atoms with Gasteiger partial charge in [-0.1, -0.05) is 0 Å². The molecule has 0 saturated heterocycles.